The van der Waals surface area contributed by atoms with Crippen LogP contribution >= 0.6 is 11.8 Å². The molecule has 0 aliphatic heterocycles. The van der Waals surface area contributed by atoms with Crippen LogP contribution in [0.1, 0.15) is 21.5 Å². The summed E-state index contributed by atoms with van der Waals surface area (Å²) in [5, 5.41) is 4.02. The Morgan fingerprint density at radius 2 is 1.59 bits per heavy atom. The number of carbonyl (C=O) groups excluding carboxylic acids is 1. The molecule has 1 heterocycles. The molecular formula is C25H21F3N2OS. The zero-order valence-corrected chi connectivity index (χ0v) is 17.9. The van der Waals surface area contributed by atoms with Crippen LogP contribution in [0.5, 0.6) is 0 Å². The van der Waals surface area contributed by atoms with Gasteiger partial charge in [0.05, 0.1) is 5.56 Å². The second-order valence-electron chi connectivity index (χ2n) is 7.31. The molecule has 1 aromatic heterocycles. The first-order valence-electron chi connectivity index (χ1n) is 10.1. The highest BCUT2D eigenvalue weighted by atomic mass is 32.2. The third kappa shape index (κ3) is 5.16. The summed E-state index contributed by atoms with van der Waals surface area (Å²) < 4.78 is 40.4. The third-order valence-corrected chi connectivity index (χ3v) is 6.22. The molecule has 4 rings (SSSR count). The van der Waals surface area contributed by atoms with Crippen molar-refractivity contribution in [1.29, 1.82) is 0 Å². The van der Waals surface area contributed by atoms with Gasteiger partial charge in [-0.2, -0.15) is 13.2 Å². The van der Waals surface area contributed by atoms with E-state index in [-0.39, 0.29) is 5.91 Å². The van der Waals surface area contributed by atoms with Gasteiger partial charge in [0.25, 0.3) is 5.91 Å². The van der Waals surface area contributed by atoms with E-state index < -0.39 is 11.7 Å². The lowest BCUT2D eigenvalue weighted by molar-refractivity contribution is -0.137. The normalized spacial score (nSPS) is 11.6. The van der Waals surface area contributed by atoms with Crippen molar-refractivity contribution >= 4 is 28.6 Å². The number of rotatable bonds is 7. The molecule has 0 unspecified atom stereocenters. The minimum Gasteiger partial charge on any atom is -0.350 e. The average molecular weight is 455 g/mol. The van der Waals surface area contributed by atoms with Crippen LogP contribution in [-0.4, -0.2) is 17.0 Å². The summed E-state index contributed by atoms with van der Waals surface area (Å²) >= 11 is 1.58. The summed E-state index contributed by atoms with van der Waals surface area (Å²) in [5.74, 6) is 0.454. The first-order valence-corrected chi connectivity index (χ1v) is 11.1. The molecule has 4 aromatic rings. The minimum absolute atomic E-state index is 0.112. The van der Waals surface area contributed by atoms with Crippen LogP contribution in [0.3, 0.4) is 0 Å². The first-order chi connectivity index (χ1) is 15.4. The molecule has 164 valence electrons. The Labute approximate surface area is 188 Å². The predicted octanol–water partition coefficient (Wildman–Crippen LogP) is 6.38. The highest BCUT2D eigenvalue weighted by Gasteiger charge is 2.29. The number of carbonyl (C=O) groups is 1. The highest BCUT2D eigenvalue weighted by molar-refractivity contribution is 7.98. The van der Waals surface area contributed by atoms with Crippen LogP contribution in [0.25, 0.3) is 10.9 Å². The summed E-state index contributed by atoms with van der Waals surface area (Å²) in [5.41, 5.74) is 1.87. The maximum atomic E-state index is 12.8. The quantitative estimate of drug-likeness (QED) is 0.329. The van der Waals surface area contributed by atoms with Crippen molar-refractivity contribution in [3.8, 4) is 0 Å². The molecule has 0 aliphatic carbocycles. The summed E-state index contributed by atoms with van der Waals surface area (Å²) in [6.07, 6.45) is -2.29. The number of thioether (sulfide) groups is 1. The van der Waals surface area contributed by atoms with Crippen LogP contribution in [-0.2, 0) is 18.5 Å². The molecule has 0 saturated carbocycles. The number of hydrogen-bond acceptors (Lipinski definition) is 2. The van der Waals surface area contributed by atoms with Gasteiger partial charge >= 0.3 is 6.18 Å². The van der Waals surface area contributed by atoms with Crippen molar-refractivity contribution in [3.05, 3.63) is 102 Å². The van der Waals surface area contributed by atoms with Crippen LogP contribution in [0.4, 0.5) is 13.2 Å². The fourth-order valence-electron chi connectivity index (χ4n) is 3.45. The lowest BCUT2D eigenvalue weighted by Gasteiger charge is -2.08. The summed E-state index contributed by atoms with van der Waals surface area (Å²) in [6.45, 7) is 1.09. The molecule has 1 amide bonds. The van der Waals surface area contributed by atoms with Gasteiger partial charge in [-0.25, -0.2) is 0 Å². The van der Waals surface area contributed by atoms with Gasteiger partial charge in [-0.3, -0.25) is 4.79 Å². The number of aromatic nitrogens is 1. The van der Waals surface area contributed by atoms with E-state index >= 15 is 0 Å². The van der Waals surface area contributed by atoms with Crippen molar-refractivity contribution in [2.24, 2.45) is 0 Å². The number of amides is 1. The van der Waals surface area contributed by atoms with Crippen molar-refractivity contribution < 1.29 is 18.0 Å². The van der Waals surface area contributed by atoms with Crippen LogP contribution in [0, 0.1) is 0 Å². The van der Waals surface area contributed by atoms with Crippen LogP contribution in [0.15, 0.2) is 90.0 Å². The Hall–Kier alpha value is -3.19. The van der Waals surface area contributed by atoms with Crippen molar-refractivity contribution in [2.45, 2.75) is 23.4 Å². The molecule has 0 saturated heterocycles. The monoisotopic (exact) mass is 454 g/mol. The van der Waals surface area contributed by atoms with Gasteiger partial charge in [-0.15, -0.1) is 11.8 Å². The lowest BCUT2D eigenvalue weighted by Crippen LogP contribution is -2.26. The zero-order chi connectivity index (χ0) is 22.6. The van der Waals surface area contributed by atoms with E-state index in [1.54, 1.807) is 23.9 Å². The molecule has 7 heteroatoms. The molecule has 0 fully saturated rings. The minimum atomic E-state index is -4.32. The van der Waals surface area contributed by atoms with E-state index in [0.717, 1.165) is 33.5 Å². The smallest absolute Gasteiger partial charge is 0.350 e. The van der Waals surface area contributed by atoms with E-state index in [1.165, 1.54) is 12.1 Å². The molecule has 32 heavy (non-hydrogen) atoms. The third-order valence-electron chi connectivity index (χ3n) is 5.10. The molecule has 0 atom stereocenters. The largest absolute Gasteiger partial charge is 0.416 e. The van der Waals surface area contributed by atoms with Gasteiger partial charge < -0.3 is 9.88 Å². The van der Waals surface area contributed by atoms with E-state index in [0.29, 0.717) is 24.4 Å². The molecule has 0 aliphatic rings. The molecule has 1 N–H and O–H groups in total. The number of para-hydroxylation sites is 1. The maximum absolute atomic E-state index is 12.8. The maximum Gasteiger partial charge on any atom is 0.416 e. The highest BCUT2D eigenvalue weighted by Crippen LogP contribution is 2.33. The number of nitrogens with zero attached hydrogens (tertiary/aromatic N) is 1. The van der Waals surface area contributed by atoms with Crippen LogP contribution < -0.4 is 5.32 Å². The molecular weight excluding hydrogens is 433 g/mol. The summed E-state index contributed by atoms with van der Waals surface area (Å²) in [6, 6.07) is 22.3. The molecule has 3 aromatic carbocycles. The zero-order valence-electron chi connectivity index (χ0n) is 17.1. The Bertz CT molecular complexity index is 1200. The molecule has 0 spiro atoms. The predicted molar refractivity (Wildman–Crippen MR) is 122 cm³/mol. The van der Waals surface area contributed by atoms with Gasteiger partial charge in [0.2, 0.25) is 0 Å². The van der Waals surface area contributed by atoms with E-state index in [4.69, 9.17) is 0 Å². The van der Waals surface area contributed by atoms with E-state index in [1.807, 2.05) is 48.7 Å². The van der Waals surface area contributed by atoms with Crippen molar-refractivity contribution in [2.75, 3.05) is 6.54 Å². The Morgan fingerprint density at radius 1 is 0.906 bits per heavy atom. The van der Waals surface area contributed by atoms with Gasteiger partial charge in [0, 0.05) is 46.4 Å². The SMILES string of the molecule is O=C(NCCn1cc(SCc2ccc(C(F)(F)F)cc2)c2ccccc21)c1ccccc1. The van der Waals surface area contributed by atoms with Gasteiger partial charge in [-0.05, 0) is 35.9 Å². The second kappa shape index (κ2) is 9.53. The van der Waals surface area contributed by atoms with Crippen molar-refractivity contribution in [3.63, 3.8) is 0 Å². The van der Waals surface area contributed by atoms with E-state index in [9.17, 15) is 18.0 Å². The fourth-order valence-corrected chi connectivity index (χ4v) is 4.49. The van der Waals surface area contributed by atoms with Crippen LogP contribution in [0.2, 0.25) is 0 Å². The van der Waals surface area contributed by atoms with Gasteiger partial charge in [0.1, 0.15) is 0 Å². The summed E-state index contributed by atoms with van der Waals surface area (Å²) in [4.78, 5) is 13.3. The Kier molecular flexibility index (Phi) is 6.55. The lowest BCUT2D eigenvalue weighted by atomic mass is 10.1. The topological polar surface area (TPSA) is 34.0 Å². The number of nitrogens with one attached hydrogen (secondary N) is 1. The number of fused-ring (bicyclic) bond motifs is 1. The number of benzene rings is 3. The van der Waals surface area contributed by atoms with Gasteiger partial charge in [0.15, 0.2) is 0 Å². The molecule has 0 bridgehead atoms. The Morgan fingerprint density at radius 3 is 2.31 bits per heavy atom. The number of hydrogen-bond donors (Lipinski definition) is 1. The first kappa shape index (κ1) is 22.0. The second-order valence-corrected chi connectivity index (χ2v) is 8.33. The van der Waals surface area contributed by atoms with E-state index in [2.05, 4.69) is 9.88 Å². The summed E-state index contributed by atoms with van der Waals surface area (Å²) in [7, 11) is 0. The molecule has 3 nitrogen and oxygen atoms in total. The van der Waals surface area contributed by atoms with Gasteiger partial charge in [-0.1, -0.05) is 48.5 Å². The number of halogens is 3. The molecule has 0 radical (unpaired) electrons. The average Bonchev–Trinajstić information content (AvgIpc) is 3.16. The van der Waals surface area contributed by atoms with Crippen molar-refractivity contribution in [1.82, 2.24) is 9.88 Å². The Balaban J connectivity index is 1.42. The fraction of sp³-hybridized carbons (Fsp3) is 0.160. The standard InChI is InChI=1S/C25H21F3N2OS/c26-25(27,28)20-12-10-18(11-13-20)17-32-23-16-30(22-9-5-4-8-21(22)23)15-14-29-24(31)19-6-2-1-3-7-19/h1-13,16H,14-15,17H2,(H,29,31). The number of alkyl halides is 3.